The van der Waals surface area contributed by atoms with E-state index in [4.69, 9.17) is 4.74 Å². The molecule has 1 N–H and O–H groups in total. The lowest BCUT2D eigenvalue weighted by Gasteiger charge is -2.21. The molecule has 6 heteroatoms. The van der Waals surface area contributed by atoms with Crippen molar-refractivity contribution in [1.82, 2.24) is 9.62 Å². The summed E-state index contributed by atoms with van der Waals surface area (Å²) in [5.74, 6) is 0. The van der Waals surface area contributed by atoms with Gasteiger partial charge < -0.3 is 10.1 Å². The zero-order valence-electron chi connectivity index (χ0n) is 9.99. The zero-order chi connectivity index (χ0) is 11.9. The molecule has 0 amide bonds. The number of rotatable bonds is 8. The van der Waals surface area contributed by atoms with Gasteiger partial charge >= 0.3 is 0 Å². The van der Waals surface area contributed by atoms with E-state index in [1.807, 2.05) is 6.92 Å². The van der Waals surface area contributed by atoms with E-state index in [1.54, 1.807) is 21.0 Å². The summed E-state index contributed by atoms with van der Waals surface area (Å²) in [6.45, 7) is 5.51. The average molecular weight is 238 g/mol. The maximum absolute atomic E-state index is 11.8. The van der Waals surface area contributed by atoms with Crippen molar-refractivity contribution in [2.45, 2.75) is 19.1 Å². The molecule has 0 radical (unpaired) electrons. The molecule has 0 spiro atoms. The molecule has 0 aliphatic carbocycles. The minimum atomic E-state index is -3.19. The van der Waals surface area contributed by atoms with E-state index < -0.39 is 15.3 Å². The third kappa shape index (κ3) is 4.92. The summed E-state index contributed by atoms with van der Waals surface area (Å²) in [7, 11) is 0.135. The second-order valence-electron chi connectivity index (χ2n) is 3.43. The number of ether oxygens (including phenoxy) is 1. The minimum Gasteiger partial charge on any atom is -0.380 e. The predicted octanol–water partition coefficient (Wildman–Crippen LogP) is -0.108. The molecule has 1 unspecified atom stereocenters. The maximum Gasteiger partial charge on any atom is 0.217 e. The van der Waals surface area contributed by atoms with Gasteiger partial charge in [0.2, 0.25) is 10.0 Å². The van der Waals surface area contributed by atoms with Gasteiger partial charge in [-0.05, 0) is 20.9 Å². The van der Waals surface area contributed by atoms with Gasteiger partial charge in [0.25, 0.3) is 0 Å². The number of sulfonamides is 1. The Hall–Kier alpha value is -0.170. The Labute approximate surface area is 92.8 Å². The molecule has 0 saturated heterocycles. The summed E-state index contributed by atoms with van der Waals surface area (Å²) < 4.78 is 30.2. The molecule has 0 heterocycles. The second-order valence-corrected chi connectivity index (χ2v) is 5.89. The van der Waals surface area contributed by atoms with Crippen LogP contribution in [0.1, 0.15) is 13.8 Å². The van der Waals surface area contributed by atoms with Gasteiger partial charge in [-0.2, -0.15) is 0 Å². The van der Waals surface area contributed by atoms with E-state index in [0.29, 0.717) is 26.3 Å². The first-order valence-corrected chi connectivity index (χ1v) is 6.64. The zero-order valence-corrected chi connectivity index (χ0v) is 10.8. The van der Waals surface area contributed by atoms with Crippen LogP contribution in [0, 0.1) is 0 Å². The lowest BCUT2D eigenvalue weighted by molar-refractivity contribution is 0.138. The number of nitrogens with one attached hydrogen (secondary N) is 1. The van der Waals surface area contributed by atoms with Gasteiger partial charge in [-0.1, -0.05) is 0 Å². The van der Waals surface area contributed by atoms with Crippen LogP contribution in [0.15, 0.2) is 0 Å². The fourth-order valence-electron chi connectivity index (χ4n) is 1.16. The van der Waals surface area contributed by atoms with Crippen molar-refractivity contribution >= 4 is 10.0 Å². The van der Waals surface area contributed by atoms with Gasteiger partial charge in [-0.15, -0.1) is 0 Å². The average Bonchev–Trinajstić information content (AvgIpc) is 2.18. The first-order valence-electron chi connectivity index (χ1n) is 5.14. The van der Waals surface area contributed by atoms with Crippen LogP contribution in [-0.2, 0) is 14.8 Å². The molecule has 0 aromatic heterocycles. The summed E-state index contributed by atoms with van der Waals surface area (Å²) in [6.07, 6.45) is 0. The van der Waals surface area contributed by atoms with Crippen molar-refractivity contribution < 1.29 is 13.2 Å². The van der Waals surface area contributed by atoms with Crippen LogP contribution in [0.2, 0.25) is 0 Å². The smallest absolute Gasteiger partial charge is 0.217 e. The third-order valence-electron chi connectivity index (χ3n) is 2.19. The van der Waals surface area contributed by atoms with E-state index in [0.717, 1.165) is 0 Å². The molecule has 0 aliphatic rings. The normalized spacial score (nSPS) is 14.5. The molecule has 1 atom stereocenters. The first kappa shape index (κ1) is 14.8. The molecule has 0 aliphatic heterocycles. The van der Waals surface area contributed by atoms with Crippen LogP contribution >= 0.6 is 0 Å². The fourth-order valence-corrected chi connectivity index (χ4v) is 2.49. The van der Waals surface area contributed by atoms with Crippen molar-refractivity contribution in [1.29, 1.82) is 0 Å². The highest BCUT2D eigenvalue weighted by molar-refractivity contribution is 7.89. The molecule has 0 fully saturated rings. The van der Waals surface area contributed by atoms with Crippen molar-refractivity contribution in [3.05, 3.63) is 0 Å². The number of likely N-dealkylation sites (N-methyl/N-ethyl adjacent to an activating group) is 1. The Balaban J connectivity index is 4.19. The molecule has 92 valence electrons. The molecule has 0 bridgehead atoms. The van der Waals surface area contributed by atoms with Crippen LogP contribution in [0.3, 0.4) is 0 Å². The van der Waals surface area contributed by atoms with E-state index >= 15 is 0 Å². The summed E-state index contributed by atoms with van der Waals surface area (Å²) >= 11 is 0. The van der Waals surface area contributed by atoms with E-state index in [1.165, 1.54) is 4.31 Å². The standard InChI is InChI=1S/C9H22N2O3S/c1-5-14-7-6-11(4)15(12,13)9(2)8-10-3/h9-10H,5-8H2,1-4H3. The van der Waals surface area contributed by atoms with Crippen LogP contribution in [0.25, 0.3) is 0 Å². The number of nitrogens with zero attached hydrogens (tertiary/aromatic N) is 1. The van der Waals surface area contributed by atoms with E-state index in [9.17, 15) is 8.42 Å². The number of hydrogen-bond acceptors (Lipinski definition) is 4. The van der Waals surface area contributed by atoms with Crippen molar-refractivity contribution in [2.24, 2.45) is 0 Å². The lowest BCUT2D eigenvalue weighted by Crippen LogP contribution is -2.40. The molecule has 0 aromatic carbocycles. The molecule has 15 heavy (non-hydrogen) atoms. The highest BCUT2D eigenvalue weighted by Crippen LogP contribution is 2.05. The Kier molecular flexibility index (Phi) is 7.08. The minimum absolute atomic E-state index is 0.407. The molecule has 5 nitrogen and oxygen atoms in total. The van der Waals surface area contributed by atoms with Crippen LogP contribution in [0.5, 0.6) is 0 Å². The topological polar surface area (TPSA) is 58.6 Å². The monoisotopic (exact) mass is 238 g/mol. The van der Waals surface area contributed by atoms with Gasteiger partial charge in [0.1, 0.15) is 0 Å². The van der Waals surface area contributed by atoms with Crippen LogP contribution in [0.4, 0.5) is 0 Å². The van der Waals surface area contributed by atoms with E-state index in [-0.39, 0.29) is 0 Å². The fraction of sp³-hybridized carbons (Fsp3) is 1.00. The number of hydrogen-bond donors (Lipinski definition) is 1. The Morgan fingerprint density at radius 3 is 2.53 bits per heavy atom. The maximum atomic E-state index is 11.8. The van der Waals surface area contributed by atoms with Crippen LogP contribution in [-0.4, -0.2) is 58.4 Å². The summed E-state index contributed by atoms with van der Waals surface area (Å²) in [6, 6.07) is 0. The quantitative estimate of drug-likeness (QED) is 0.600. The van der Waals surface area contributed by atoms with E-state index in [2.05, 4.69) is 5.32 Å². The SMILES string of the molecule is CCOCCN(C)S(=O)(=O)C(C)CNC. The Morgan fingerprint density at radius 2 is 2.07 bits per heavy atom. The lowest BCUT2D eigenvalue weighted by atomic mass is 10.5. The molecule has 0 rings (SSSR count). The van der Waals surface area contributed by atoms with Gasteiger partial charge in [-0.3, -0.25) is 0 Å². The third-order valence-corrected chi connectivity index (χ3v) is 4.42. The molecular weight excluding hydrogens is 216 g/mol. The summed E-state index contributed by atoms with van der Waals surface area (Å²) in [5.41, 5.74) is 0. The first-order chi connectivity index (χ1) is 6.96. The van der Waals surface area contributed by atoms with Gasteiger partial charge in [0, 0.05) is 26.7 Å². The Bertz CT molecular complexity index is 254. The van der Waals surface area contributed by atoms with Crippen molar-refractivity contribution in [3.63, 3.8) is 0 Å². The summed E-state index contributed by atoms with van der Waals surface area (Å²) in [5, 5.41) is 2.45. The Morgan fingerprint density at radius 1 is 1.47 bits per heavy atom. The van der Waals surface area contributed by atoms with Crippen molar-refractivity contribution in [2.75, 3.05) is 40.4 Å². The molecular formula is C9H22N2O3S. The van der Waals surface area contributed by atoms with Gasteiger partial charge in [0.05, 0.1) is 11.9 Å². The highest BCUT2D eigenvalue weighted by atomic mass is 32.2. The van der Waals surface area contributed by atoms with Crippen LogP contribution < -0.4 is 5.32 Å². The largest absolute Gasteiger partial charge is 0.380 e. The van der Waals surface area contributed by atoms with Gasteiger partial charge in [0.15, 0.2) is 0 Å². The molecule has 0 saturated carbocycles. The summed E-state index contributed by atoms with van der Waals surface area (Å²) in [4.78, 5) is 0. The van der Waals surface area contributed by atoms with Crippen molar-refractivity contribution in [3.8, 4) is 0 Å². The highest BCUT2D eigenvalue weighted by Gasteiger charge is 2.24. The van der Waals surface area contributed by atoms with Gasteiger partial charge in [-0.25, -0.2) is 12.7 Å². The molecule has 0 aromatic rings. The predicted molar refractivity (Wildman–Crippen MR) is 61.4 cm³/mol. The second kappa shape index (κ2) is 7.16.